The van der Waals surface area contributed by atoms with Gasteiger partial charge in [0.1, 0.15) is 5.82 Å². The largest absolute Gasteiger partial charge is 0.369 e. The van der Waals surface area contributed by atoms with Gasteiger partial charge in [-0.3, -0.25) is 0 Å². The highest BCUT2D eigenvalue weighted by Gasteiger charge is 2.33. The van der Waals surface area contributed by atoms with Crippen molar-refractivity contribution in [1.29, 1.82) is 0 Å². The van der Waals surface area contributed by atoms with Crippen molar-refractivity contribution in [1.82, 2.24) is 14.2 Å². The summed E-state index contributed by atoms with van der Waals surface area (Å²) in [5.41, 5.74) is 0.827. The number of anilines is 1. The zero-order valence-corrected chi connectivity index (χ0v) is 13.7. The Labute approximate surface area is 127 Å². The van der Waals surface area contributed by atoms with E-state index in [0.717, 1.165) is 37.4 Å². The number of hydrogen-bond acceptors (Lipinski definition) is 5. The first kappa shape index (κ1) is 16.2. The molecule has 1 saturated heterocycles. The van der Waals surface area contributed by atoms with Gasteiger partial charge < -0.3 is 10.2 Å². The SMILES string of the molecule is CN(C)CCNc1cccc([C@@H]2CCCN2S(C)(=O)=O)n1. The van der Waals surface area contributed by atoms with E-state index < -0.39 is 10.0 Å². The van der Waals surface area contributed by atoms with E-state index in [9.17, 15) is 8.42 Å². The average molecular weight is 312 g/mol. The summed E-state index contributed by atoms with van der Waals surface area (Å²) in [6.07, 6.45) is 2.99. The fourth-order valence-corrected chi connectivity index (χ4v) is 3.71. The summed E-state index contributed by atoms with van der Waals surface area (Å²) < 4.78 is 25.2. The Bertz CT molecular complexity index is 574. The molecule has 0 unspecified atom stereocenters. The number of rotatable bonds is 6. The molecule has 2 rings (SSSR count). The first-order valence-corrected chi connectivity index (χ1v) is 9.05. The molecule has 0 spiro atoms. The van der Waals surface area contributed by atoms with Crippen molar-refractivity contribution in [3.05, 3.63) is 23.9 Å². The molecule has 0 saturated carbocycles. The molecule has 0 aliphatic carbocycles. The van der Waals surface area contributed by atoms with Crippen molar-refractivity contribution < 1.29 is 8.42 Å². The van der Waals surface area contributed by atoms with Crippen LogP contribution in [-0.4, -0.2) is 62.6 Å². The second-order valence-electron chi connectivity index (χ2n) is 5.71. The highest BCUT2D eigenvalue weighted by atomic mass is 32.2. The Morgan fingerprint density at radius 2 is 2.19 bits per heavy atom. The molecule has 1 aliphatic heterocycles. The standard InChI is InChI=1S/C14H24N4O2S/c1-17(2)11-9-15-14-8-4-6-12(16-14)13-7-5-10-18(13)21(3,19)20/h4,6,8,13H,5,7,9-11H2,1-3H3,(H,15,16)/t13-/m0/s1. The molecule has 1 fully saturated rings. The smallest absolute Gasteiger partial charge is 0.211 e. The van der Waals surface area contributed by atoms with Crippen molar-refractivity contribution in [2.75, 3.05) is 45.3 Å². The van der Waals surface area contributed by atoms with Crippen LogP contribution in [0, 0.1) is 0 Å². The third-order valence-corrected chi connectivity index (χ3v) is 4.90. The van der Waals surface area contributed by atoms with Crippen LogP contribution in [0.2, 0.25) is 0 Å². The predicted octanol–water partition coefficient (Wildman–Crippen LogP) is 1.15. The summed E-state index contributed by atoms with van der Waals surface area (Å²) in [5.74, 6) is 0.801. The molecule has 6 nitrogen and oxygen atoms in total. The molecule has 0 bridgehead atoms. The number of likely N-dealkylation sites (N-methyl/N-ethyl adjacent to an activating group) is 1. The maximum atomic E-state index is 11.8. The van der Waals surface area contributed by atoms with Gasteiger partial charge in [-0.05, 0) is 39.1 Å². The Morgan fingerprint density at radius 3 is 2.86 bits per heavy atom. The molecule has 21 heavy (non-hydrogen) atoms. The van der Waals surface area contributed by atoms with Gasteiger partial charge in [-0.25, -0.2) is 13.4 Å². The fourth-order valence-electron chi connectivity index (χ4n) is 2.58. The predicted molar refractivity (Wildman–Crippen MR) is 84.8 cm³/mol. The van der Waals surface area contributed by atoms with Crippen LogP contribution < -0.4 is 5.32 Å². The van der Waals surface area contributed by atoms with E-state index in [2.05, 4.69) is 15.2 Å². The fraction of sp³-hybridized carbons (Fsp3) is 0.643. The molecule has 1 aliphatic rings. The minimum absolute atomic E-state index is 0.129. The van der Waals surface area contributed by atoms with E-state index in [1.165, 1.54) is 6.26 Å². The molecule has 0 aromatic carbocycles. The number of hydrogen-bond donors (Lipinski definition) is 1. The zero-order chi connectivity index (χ0) is 15.5. The quantitative estimate of drug-likeness (QED) is 0.853. The number of pyridine rings is 1. The maximum absolute atomic E-state index is 11.8. The number of nitrogens with one attached hydrogen (secondary N) is 1. The van der Waals surface area contributed by atoms with E-state index in [0.29, 0.717) is 6.54 Å². The molecule has 7 heteroatoms. The monoisotopic (exact) mass is 312 g/mol. The lowest BCUT2D eigenvalue weighted by atomic mass is 10.1. The zero-order valence-electron chi connectivity index (χ0n) is 12.9. The van der Waals surface area contributed by atoms with Gasteiger partial charge in [0, 0.05) is 19.6 Å². The van der Waals surface area contributed by atoms with Crippen molar-refractivity contribution in [3.63, 3.8) is 0 Å². The van der Waals surface area contributed by atoms with Crippen LogP contribution in [0.5, 0.6) is 0 Å². The summed E-state index contributed by atoms with van der Waals surface area (Å²) >= 11 is 0. The highest BCUT2D eigenvalue weighted by Crippen LogP contribution is 2.33. The topological polar surface area (TPSA) is 65.5 Å². The molecule has 118 valence electrons. The van der Waals surface area contributed by atoms with Crippen LogP contribution in [0.4, 0.5) is 5.82 Å². The summed E-state index contributed by atoms with van der Waals surface area (Å²) in [5, 5.41) is 3.27. The van der Waals surface area contributed by atoms with Crippen molar-refractivity contribution in [2.24, 2.45) is 0 Å². The average Bonchev–Trinajstić information content (AvgIpc) is 2.87. The van der Waals surface area contributed by atoms with Crippen molar-refractivity contribution >= 4 is 15.8 Å². The van der Waals surface area contributed by atoms with Gasteiger partial charge in [-0.2, -0.15) is 4.31 Å². The molecular formula is C14H24N4O2S. The van der Waals surface area contributed by atoms with Gasteiger partial charge in [-0.15, -0.1) is 0 Å². The molecule has 2 heterocycles. The van der Waals surface area contributed by atoms with Crippen molar-refractivity contribution in [2.45, 2.75) is 18.9 Å². The molecule has 1 atom stereocenters. The minimum Gasteiger partial charge on any atom is -0.369 e. The number of aromatic nitrogens is 1. The lowest BCUT2D eigenvalue weighted by Crippen LogP contribution is -2.30. The molecule has 0 amide bonds. The Morgan fingerprint density at radius 1 is 1.43 bits per heavy atom. The second-order valence-corrected chi connectivity index (χ2v) is 7.64. The molecule has 1 aromatic heterocycles. The summed E-state index contributed by atoms with van der Waals surface area (Å²) in [6, 6.07) is 5.62. The van der Waals surface area contributed by atoms with Gasteiger partial charge in [0.05, 0.1) is 18.0 Å². The Hall–Kier alpha value is -1.18. The summed E-state index contributed by atoms with van der Waals surface area (Å²) in [6.45, 7) is 2.32. The molecular weight excluding hydrogens is 288 g/mol. The summed E-state index contributed by atoms with van der Waals surface area (Å²) in [7, 11) is 0.869. The van der Waals surface area contributed by atoms with Crippen LogP contribution in [0.25, 0.3) is 0 Å². The molecule has 1 aromatic rings. The van der Waals surface area contributed by atoms with Gasteiger partial charge in [0.25, 0.3) is 0 Å². The lowest BCUT2D eigenvalue weighted by Gasteiger charge is -2.22. The summed E-state index contributed by atoms with van der Waals surface area (Å²) in [4.78, 5) is 6.68. The van der Waals surface area contributed by atoms with Crippen LogP contribution in [0.15, 0.2) is 18.2 Å². The van der Waals surface area contributed by atoms with Crippen LogP contribution in [0.3, 0.4) is 0 Å². The maximum Gasteiger partial charge on any atom is 0.211 e. The normalized spacial score (nSPS) is 20.1. The van der Waals surface area contributed by atoms with Crippen LogP contribution in [-0.2, 0) is 10.0 Å². The van der Waals surface area contributed by atoms with Crippen LogP contribution in [0.1, 0.15) is 24.6 Å². The van der Waals surface area contributed by atoms with E-state index in [-0.39, 0.29) is 6.04 Å². The molecule has 0 radical (unpaired) electrons. The van der Waals surface area contributed by atoms with E-state index in [1.54, 1.807) is 4.31 Å². The van der Waals surface area contributed by atoms with Crippen LogP contribution >= 0.6 is 0 Å². The van der Waals surface area contributed by atoms with Gasteiger partial charge in [0.2, 0.25) is 10.0 Å². The third-order valence-electron chi connectivity index (χ3n) is 3.61. The van der Waals surface area contributed by atoms with E-state index in [1.807, 2.05) is 32.3 Å². The Balaban J connectivity index is 2.10. The highest BCUT2D eigenvalue weighted by molar-refractivity contribution is 7.88. The lowest BCUT2D eigenvalue weighted by molar-refractivity contribution is 0.394. The second kappa shape index (κ2) is 6.72. The van der Waals surface area contributed by atoms with Gasteiger partial charge >= 0.3 is 0 Å². The van der Waals surface area contributed by atoms with E-state index >= 15 is 0 Å². The molecule has 1 N–H and O–H groups in total. The first-order valence-electron chi connectivity index (χ1n) is 7.20. The van der Waals surface area contributed by atoms with E-state index in [4.69, 9.17) is 0 Å². The van der Waals surface area contributed by atoms with Gasteiger partial charge in [0.15, 0.2) is 0 Å². The third kappa shape index (κ3) is 4.39. The Kier molecular flexibility index (Phi) is 5.18. The number of nitrogens with zero attached hydrogens (tertiary/aromatic N) is 3. The number of sulfonamides is 1. The first-order chi connectivity index (χ1) is 9.88. The minimum atomic E-state index is -3.17. The van der Waals surface area contributed by atoms with Crippen molar-refractivity contribution in [3.8, 4) is 0 Å². The van der Waals surface area contributed by atoms with Gasteiger partial charge in [-0.1, -0.05) is 6.07 Å².